The summed E-state index contributed by atoms with van der Waals surface area (Å²) in [5.41, 5.74) is 22.9. The number of hydrogen-bond donors (Lipinski definition) is 0. The van der Waals surface area contributed by atoms with E-state index < -0.39 is 0 Å². The first-order valence-electron chi connectivity index (χ1n) is 25.9. The number of para-hydroxylation sites is 3. The molecule has 2 aliphatic rings. The Labute approximate surface area is 437 Å². The number of hydrogen-bond acceptors (Lipinski definition) is 5. The number of rotatable bonds is 8. The lowest BCUT2D eigenvalue weighted by atomic mass is 9.86. The molecular formula is C69H61N5. The van der Waals surface area contributed by atoms with Crippen LogP contribution < -0.4 is 19.6 Å². The molecule has 9 aromatic carbocycles. The number of pyridine rings is 1. The molecule has 0 N–H and O–H groups in total. The summed E-state index contributed by atoms with van der Waals surface area (Å²) in [6.07, 6.45) is 2.05. The second-order valence-corrected chi connectivity index (χ2v) is 21.8. The van der Waals surface area contributed by atoms with E-state index in [1.54, 1.807) is 0 Å². The Kier molecular flexibility index (Phi) is 11.6. The standard InChI is InChI=1S/C69H61N5/c1-47-39-67(70-45-62(47)49-23-13-9-14-24-49)74-65-40-50(48-21-11-8-12-22-48)31-37-60(65)58-27-17-18-28-59(58)61-38-36-55(44-66(61)74)73(54-25-15-10-16-26-54)57-42-52(69(5,6)7)41-56(43-57)72-46-71(63-29-19-20-30-64(63)72)53-34-32-51(33-35-53)68(2,3)4/h8-45H,46H2,1-7H3. The maximum absolute atomic E-state index is 5.39. The molecule has 74 heavy (non-hydrogen) atoms. The van der Waals surface area contributed by atoms with Gasteiger partial charge in [0.15, 0.2) is 0 Å². The molecule has 5 nitrogen and oxygen atoms in total. The highest BCUT2D eigenvalue weighted by atomic mass is 15.4. The van der Waals surface area contributed by atoms with Crippen LogP contribution in [0.5, 0.6) is 0 Å². The number of benzene rings is 9. The smallest absolute Gasteiger partial charge is 0.137 e. The Hall–Kier alpha value is -8.67. The van der Waals surface area contributed by atoms with Gasteiger partial charge < -0.3 is 14.7 Å². The number of anilines is 10. The summed E-state index contributed by atoms with van der Waals surface area (Å²) in [5.74, 6) is 0.855. The molecule has 0 bridgehead atoms. The third kappa shape index (κ3) is 8.48. The van der Waals surface area contributed by atoms with Crippen molar-refractivity contribution in [3.05, 3.63) is 247 Å². The quantitative estimate of drug-likeness (QED) is 0.151. The summed E-state index contributed by atoms with van der Waals surface area (Å²) in [6, 6.07) is 82.4. The van der Waals surface area contributed by atoms with Crippen LogP contribution in [0.3, 0.4) is 0 Å². The minimum atomic E-state index is -0.154. The van der Waals surface area contributed by atoms with Crippen molar-refractivity contribution in [2.45, 2.75) is 59.3 Å². The summed E-state index contributed by atoms with van der Waals surface area (Å²) < 4.78 is 0. The van der Waals surface area contributed by atoms with E-state index >= 15 is 0 Å². The highest BCUT2D eigenvalue weighted by molar-refractivity contribution is 6.04. The van der Waals surface area contributed by atoms with Crippen LogP contribution in [0.25, 0.3) is 44.5 Å². The van der Waals surface area contributed by atoms with Crippen molar-refractivity contribution in [2.24, 2.45) is 0 Å². The number of aromatic nitrogens is 1. The monoisotopic (exact) mass is 959 g/mol. The number of aryl methyl sites for hydroxylation is 1. The Morgan fingerprint density at radius 3 is 1.55 bits per heavy atom. The van der Waals surface area contributed by atoms with Crippen LogP contribution in [0, 0.1) is 6.92 Å². The van der Waals surface area contributed by atoms with Crippen molar-refractivity contribution in [3.63, 3.8) is 0 Å². The van der Waals surface area contributed by atoms with Crippen LogP contribution in [-0.4, -0.2) is 11.7 Å². The lowest BCUT2D eigenvalue weighted by Crippen LogP contribution is -2.25. The first-order valence-corrected chi connectivity index (χ1v) is 25.9. The van der Waals surface area contributed by atoms with Crippen LogP contribution in [0.4, 0.5) is 57.0 Å². The maximum Gasteiger partial charge on any atom is 0.137 e. The summed E-state index contributed by atoms with van der Waals surface area (Å²) in [7, 11) is 0. The molecule has 0 saturated heterocycles. The largest absolute Gasteiger partial charge is 0.321 e. The Balaban J connectivity index is 1.06. The molecule has 0 fully saturated rings. The zero-order valence-corrected chi connectivity index (χ0v) is 43.4. The predicted molar refractivity (Wildman–Crippen MR) is 313 cm³/mol. The van der Waals surface area contributed by atoms with Gasteiger partial charge in [-0.15, -0.1) is 0 Å². The SMILES string of the molecule is Cc1cc(N2c3cc(-c4ccccc4)ccc3-c3ccccc3-c3ccc(N(c4ccccc4)c4cc(N5CN(c6ccc(C(C)(C)C)cc6)c6ccccc65)cc(C(C)(C)C)c4)cc32)ncc1-c1ccccc1. The summed E-state index contributed by atoms with van der Waals surface area (Å²) in [5, 5.41) is 0. The van der Waals surface area contributed by atoms with Crippen LogP contribution in [0.1, 0.15) is 58.2 Å². The van der Waals surface area contributed by atoms with Gasteiger partial charge in [-0.2, -0.15) is 0 Å². The third-order valence-electron chi connectivity index (χ3n) is 14.9. The summed E-state index contributed by atoms with van der Waals surface area (Å²) in [6.45, 7) is 16.7. The molecule has 362 valence electrons. The van der Waals surface area contributed by atoms with Crippen molar-refractivity contribution >= 4 is 57.0 Å². The third-order valence-corrected chi connectivity index (χ3v) is 14.9. The zero-order valence-electron chi connectivity index (χ0n) is 43.4. The van der Waals surface area contributed by atoms with E-state index in [1.165, 1.54) is 39.3 Å². The van der Waals surface area contributed by atoms with E-state index in [9.17, 15) is 0 Å². The fraction of sp³-hybridized carbons (Fsp3) is 0.145. The Morgan fingerprint density at radius 1 is 0.378 bits per heavy atom. The lowest BCUT2D eigenvalue weighted by molar-refractivity contribution is 0.590. The highest BCUT2D eigenvalue weighted by Gasteiger charge is 2.32. The van der Waals surface area contributed by atoms with Crippen molar-refractivity contribution < 1.29 is 0 Å². The molecule has 2 aliphatic heterocycles. The second-order valence-electron chi connectivity index (χ2n) is 21.8. The van der Waals surface area contributed by atoms with Gasteiger partial charge in [-0.3, -0.25) is 4.90 Å². The molecule has 0 aliphatic carbocycles. The van der Waals surface area contributed by atoms with Gasteiger partial charge in [-0.1, -0.05) is 187 Å². The molecule has 0 saturated carbocycles. The normalized spacial score (nSPS) is 12.9. The van der Waals surface area contributed by atoms with Crippen molar-refractivity contribution in [1.82, 2.24) is 4.98 Å². The van der Waals surface area contributed by atoms with Crippen LogP contribution in [-0.2, 0) is 10.8 Å². The highest BCUT2D eigenvalue weighted by Crippen LogP contribution is 2.54. The van der Waals surface area contributed by atoms with Crippen molar-refractivity contribution in [2.75, 3.05) is 26.3 Å². The average Bonchev–Trinajstić information content (AvgIpc) is 3.77. The lowest BCUT2D eigenvalue weighted by Gasteiger charge is -2.32. The molecule has 0 spiro atoms. The summed E-state index contributed by atoms with van der Waals surface area (Å²) in [4.78, 5) is 15.2. The van der Waals surface area contributed by atoms with Gasteiger partial charge in [-0.25, -0.2) is 4.98 Å². The molecule has 0 radical (unpaired) electrons. The molecule has 0 amide bonds. The van der Waals surface area contributed by atoms with E-state index in [1.807, 2.05) is 0 Å². The molecule has 0 unspecified atom stereocenters. The van der Waals surface area contributed by atoms with Gasteiger partial charge in [0.05, 0.1) is 22.7 Å². The zero-order chi connectivity index (χ0) is 50.7. The van der Waals surface area contributed by atoms with Crippen molar-refractivity contribution in [3.8, 4) is 44.5 Å². The maximum atomic E-state index is 5.39. The molecule has 5 heteroatoms. The molecule has 12 rings (SSSR count). The van der Waals surface area contributed by atoms with Crippen LogP contribution in [0.15, 0.2) is 231 Å². The first-order chi connectivity index (χ1) is 35.9. The number of nitrogens with zero attached hydrogens (tertiary/aromatic N) is 5. The molecule has 1 aromatic heterocycles. The van der Waals surface area contributed by atoms with Gasteiger partial charge in [-0.05, 0) is 141 Å². The Bertz CT molecular complexity index is 3680. The van der Waals surface area contributed by atoms with E-state index in [-0.39, 0.29) is 10.8 Å². The van der Waals surface area contributed by atoms with Gasteiger partial charge >= 0.3 is 0 Å². The number of fused-ring (bicyclic) bond motifs is 6. The topological polar surface area (TPSA) is 25.9 Å². The molecule has 0 atom stereocenters. The van der Waals surface area contributed by atoms with E-state index in [2.05, 4.69) is 299 Å². The summed E-state index contributed by atoms with van der Waals surface area (Å²) >= 11 is 0. The van der Waals surface area contributed by atoms with Gasteiger partial charge in [0.2, 0.25) is 0 Å². The van der Waals surface area contributed by atoms with E-state index in [0.717, 1.165) is 78.9 Å². The molecule has 10 aromatic rings. The van der Waals surface area contributed by atoms with Crippen molar-refractivity contribution in [1.29, 1.82) is 0 Å². The van der Waals surface area contributed by atoms with Crippen LogP contribution in [0.2, 0.25) is 0 Å². The average molecular weight is 960 g/mol. The van der Waals surface area contributed by atoms with Crippen LogP contribution >= 0.6 is 0 Å². The van der Waals surface area contributed by atoms with Gasteiger partial charge in [0.25, 0.3) is 0 Å². The fourth-order valence-corrected chi connectivity index (χ4v) is 10.9. The van der Waals surface area contributed by atoms with Gasteiger partial charge in [0.1, 0.15) is 12.5 Å². The van der Waals surface area contributed by atoms with E-state index in [0.29, 0.717) is 6.67 Å². The second kappa shape index (κ2) is 18.4. The van der Waals surface area contributed by atoms with Gasteiger partial charge in [0, 0.05) is 51.3 Å². The molecular weight excluding hydrogens is 899 g/mol. The minimum Gasteiger partial charge on any atom is -0.321 e. The molecule has 3 heterocycles. The predicted octanol–water partition coefficient (Wildman–Crippen LogP) is 19.2. The minimum absolute atomic E-state index is 0.0718. The van der Waals surface area contributed by atoms with E-state index in [4.69, 9.17) is 4.98 Å². The first kappa shape index (κ1) is 46.4. The fourth-order valence-electron chi connectivity index (χ4n) is 10.9. The Morgan fingerprint density at radius 2 is 0.932 bits per heavy atom.